The van der Waals surface area contributed by atoms with Gasteiger partial charge in [-0.3, -0.25) is 29.9 Å². The molecule has 0 bridgehead atoms. The third-order valence-electron chi connectivity index (χ3n) is 13.6. The molecule has 2 fully saturated rings. The molecule has 492 valence electrons. The van der Waals surface area contributed by atoms with Gasteiger partial charge in [0, 0.05) is 30.7 Å². The van der Waals surface area contributed by atoms with E-state index < -0.39 is 77.8 Å². The Morgan fingerprint density at radius 3 is 1.51 bits per heavy atom. The lowest BCUT2D eigenvalue weighted by Gasteiger charge is -2.48. The number of aliphatic hydroxyl groups excluding tert-OH is 2. The number of ether oxygens (including phenoxy) is 2. The Morgan fingerprint density at radius 2 is 1.15 bits per heavy atom. The molecule has 19 N–H and O–H groups in total. The molecule has 5 unspecified atom stereocenters. The van der Waals surface area contributed by atoms with Crippen LogP contribution in [0.2, 0.25) is 0 Å². The molecule has 0 spiro atoms. The van der Waals surface area contributed by atoms with Crippen LogP contribution in [0, 0.1) is 0 Å². The average Bonchev–Trinajstić information content (AvgIpc) is 1.25. The molecule has 3 aromatic rings. The van der Waals surface area contributed by atoms with Gasteiger partial charge in [-0.05, 0) is 111 Å². The van der Waals surface area contributed by atoms with Crippen molar-refractivity contribution in [1.82, 2.24) is 20.4 Å². The highest BCUT2D eigenvalue weighted by Gasteiger charge is 2.72. The topological polar surface area (TPSA) is 482 Å². The van der Waals surface area contributed by atoms with E-state index in [0.717, 1.165) is 51.4 Å². The van der Waals surface area contributed by atoms with Crippen molar-refractivity contribution in [3.05, 3.63) is 89.5 Å². The molecule has 4 amide bonds. The van der Waals surface area contributed by atoms with E-state index in [1.807, 2.05) is 36.4 Å². The number of aldehydes is 2. The van der Waals surface area contributed by atoms with Crippen molar-refractivity contribution in [3.63, 3.8) is 0 Å². The first-order valence-electron chi connectivity index (χ1n) is 27.6. The molecule has 5 rings (SSSR count). The Hall–Kier alpha value is -6.56. The van der Waals surface area contributed by atoms with Gasteiger partial charge in [0.15, 0.2) is 6.29 Å². The quantitative estimate of drug-likeness (QED) is 0.0474. The van der Waals surface area contributed by atoms with Crippen molar-refractivity contribution in [2.75, 3.05) is 63.5 Å². The Morgan fingerprint density at radius 1 is 0.678 bits per heavy atom. The molecule has 30 heteroatoms. The summed E-state index contributed by atoms with van der Waals surface area (Å²) in [6.45, 7) is 15.3. The second-order valence-electron chi connectivity index (χ2n) is 21.7. The fourth-order valence-corrected chi connectivity index (χ4v) is 8.73. The molecule has 30 nitrogen and oxygen atoms in total. The van der Waals surface area contributed by atoms with Gasteiger partial charge >= 0.3 is 30.1 Å². The Kier molecular flexibility index (Phi) is 30.9. The molecule has 6 atom stereocenters. The molecule has 2 saturated heterocycles. The van der Waals surface area contributed by atoms with Gasteiger partial charge in [-0.25, -0.2) is 9.59 Å². The highest BCUT2D eigenvalue weighted by Crippen LogP contribution is 2.47. The van der Waals surface area contributed by atoms with Crippen molar-refractivity contribution < 1.29 is 115 Å². The molecular weight excluding hydrogens is 1150 g/mol. The molecule has 2 heterocycles. The maximum atomic E-state index is 12.5. The summed E-state index contributed by atoms with van der Waals surface area (Å²) in [5.41, 5.74) is -0.538. The Balaban J connectivity index is 0.000000644. The fraction of sp³-hybridized carbons (Fsp3) is 0.579. The number of benzene rings is 3. The second-order valence-corrected chi connectivity index (χ2v) is 21.7. The molecule has 87 heavy (non-hydrogen) atoms. The van der Waals surface area contributed by atoms with E-state index in [-0.39, 0.29) is 17.4 Å². The third-order valence-corrected chi connectivity index (χ3v) is 13.6. The maximum Gasteiger partial charge on any atom is 0.409 e. The van der Waals surface area contributed by atoms with E-state index >= 15 is 0 Å². The average molecular weight is 1240 g/mol. The highest BCUT2D eigenvalue weighted by molar-refractivity contribution is 5.92. The van der Waals surface area contributed by atoms with Gasteiger partial charge in [-0.15, -0.1) is 0 Å². The summed E-state index contributed by atoms with van der Waals surface area (Å²) in [5, 5.41) is 140. The number of nitrogens with zero attached hydrogens (tertiary/aromatic N) is 3. The first-order chi connectivity index (χ1) is 40.1. The number of hydrogen-bond donors (Lipinski definition) is 19. The maximum absolute atomic E-state index is 12.5. The lowest BCUT2D eigenvalue weighted by atomic mass is 9.81. The second kappa shape index (κ2) is 34.3. The van der Waals surface area contributed by atoms with Gasteiger partial charge in [-0.1, -0.05) is 90.8 Å². The number of hydrogen-bond acceptors (Lipinski definition) is 26. The van der Waals surface area contributed by atoms with Crippen LogP contribution in [0.1, 0.15) is 122 Å². The van der Waals surface area contributed by atoms with Gasteiger partial charge < -0.3 is 111 Å². The molecule has 2 aliphatic rings. The van der Waals surface area contributed by atoms with Gasteiger partial charge in [-0.2, -0.15) is 0 Å². The molecule has 2 aliphatic heterocycles. The van der Waals surface area contributed by atoms with E-state index in [2.05, 4.69) is 127 Å². The molecule has 0 aliphatic carbocycles. The Labute approximate surface area is 504 Å². The number of alkyl carbamates (subject to hydrolysis) is 2. The number of likely N-dealkylation sites (tertiary alicyclic amines) is 1. The summed E-state index contributed by atoms with van der Waals surface area (Å²) in [4.78, 5) is 73.0. The largest absolute Gasteiger partial charge is 0.453 e. The van der Waals surface area contributed by atoms with Crippen LogP contribution < -0.4 is 26.2 Å². The predicted molar refractivity (Wildman–Crippen MR) is 313 cm³/mol. The summed E-state index contributed by atoms with van der Waals surface area (Å²) in [7, 11) is 5.86. The van der Waals surface area contributed by atoms with E-state index in [9.17, 15) is 54.3 Å². The van der Waals surface area contributed by atoms with E-state index in [0.29, 0.717) is 45.2 Å². The standard InChI is InChI=1S/C33H44N4O.C9H14N2O5.C8H15NO10.C4H10.C3H8O7/c1-7-22-36(6)23-32(38)35-28-16-10-25(11-17-28)31-21-20-30(24-8-14-27(34-5)15-9-24)37(31)29-18-12-26(13-19-29)33(2,3)4;1-16-9(15)10-7(13)8(14)11-4-2-3-6(11)5-12;1-5(12,13)7(15,8(16,17)18)6(14,3-10)9-4(11)19-2;1-3-4-2;4-1(2(5,6)7)3(8,9)10/h8-19,30-31,34H,7,20-23H2,1-6H3,(H,35,38);5-7,13H,2-4H2,1H3,(H,10,15);3,12-18H,1-2H3,(H,9,11);3-4H2,1-2H3;1,4-10H/t30?,31-;;;;/m0..../s1. The predicted octanol–water partition coefficient (Wildman–Crippen LogP) is -1.05. The van der Waals surface area contributed by atoms with Crippen molar-refractivity contribution in [1.29, 1.82) is 0 Å². The fourth-order valence-electron chi connectivity index (χ4n) is 8.73. The number of likely N-dealkylation sites (N-methyl/N-ethyl adjacent to an activating group) is 1. The zero-order valence-corrected chi connectivity index (χ0v) is 50.9. The van der Waals surface area contributed by atoms with Gasteiger partial charge in [0.25, 0.3) is 11.5 Å². The van der Waals surface area contributed by atoms with Crippen molar-refractivity contribution in [2.24, 2.45) is 0 Å². The van der Waals surface area contributed by atoms with Crippen LogP contribution in [0.3, 0.4) is 0 Å². The minimum absolute atomic E-state index is 0.0280. The number of anilines is 3. The molecule has 3 aromatic carbocycles. The molecule has 0 saturated carbocycles. The molecule has 0 aromatic heterocycles. The number of rotatable bonds is 20. The summed E-state index contributed by atoms with van der Waals surface area (Å²) < 4.78 is 8.22. The van der Waals surface area contributed by atoms with Crippen LogP contribution in [0.25, 0.3) is 0 Å². The minimum Gasteiger partial charge on any atom is -0.453 e. The first-order valence-corrected chi connectivity index (χ1v) is 27.6. The van der Waals surface area contributed by atoms with E-state index in [4.69, 9.17) is 51.1 Å². The van der Waals surface area contributed by atoms with Crippen LogP contribution in [0.15, 0.2) is 72.8 Å². The van der Waals surface area contributed by atoms with Gasteiger partial charge in [0.2, 0.25) is 29.8 Å². The lowest BCUT2D eigenvalue weighted by Crippen LogP contribution is -2.82. The minimum atomic E-state index is -4.39. The summed E-state index contributed by atoms with van der Waals surface area (Å²) in [6.07, 6.45) is 0.0925. The summed E-state index contributed by atoms with van der Waals surface area (Å²) >= 11 is 0. The van der Waals surface area contributed by atoms with E-state index in [1.165, 1.54) is 45.4 Å². The van der Waals surface area contributed by atoms with Crippen molar-refractivity contribution in [2.45, 2.75) is 164 Å². The highest BCUT2D eigenvalue weighted by atomic mass is 16.7. The van der Waals surface area contributed by atoms with Crippen molar-refractivity contribution in [3.8, 4) is 0 Å². The zero-order valence-electron chi connectivity index (χ0n) is 50.9. The number of unbranched alkanes of at least 4 members (excludes halogenated alkanes) is 1. The zero-order chi connectivity index (χ0) is 67.1. The first kappa shape index (κ1) is 78.5. The van der Waals surface area contributed by atoms with Crippen LogP contribution in [-0.2, 0) is 34.1 Å². The summed E-state index contributed by atoms with van der Waals surface area (Å²) in [6, 6.07) is 26.5. The van der Waals surface area contributed by atoms with E-state index in [1.54, 1.807) is 0 Å². The number of methoxy groups -OCH3 is 2. The monoisotopic (exact) mass is 1240 g/mol. The van der Waals surface area contributed by atoms with Crippen molar-refractivity contribution >= 4 is 53.6 Å². The van der Waals surface area contributed by atoms with Crippen LogP contribution in [0.5, 0.6) is 0 Å². The Bertz CT molecular complexity index is 2550. The number of nitrogens with one attached hydrogen (secondary N) is 4. The molecule has 0 radical (unpaired) electrons. The number of aliphatic hydroxyl groups is 15. The van der Waals surface area contributed by atoms with Gasteiger partial charge in [0.05, 0.1) is 38.9 Å². The summed E-state index contributed by atoms with van der Waals surface area (Å²) in [5.74, 6) is -16.2. The smallest absolute Gasteiger partial charge is 0.409 e. The number of carbonyl (C=O) groups is 6. The van der Waals surface area contributed by atoms with Crippen LogP contribution in [-0.4, -0.2) is 224 Å². The number of amides is 4. The normalized spacial score (nSPS) is 17.8. The lowest BCUT2D eigenvalue weighted by molar-refractivity contribution is -0.471. The molecular formula is C57H91N7O23. The van der Waals surface area contributed by atoms with Crippen LogP contribution in [0.4, 0.5) is 26.7 Å². The SMILES string of the molecule is CCCC.CCCN(C)CC(=O)Nc1ccc([C@@H]2CCC(c3ccc(NC)cc3)N2c2ccc(C(C)(C)C)cc2)cc1.COC(=O)NC(O)(C=O)C(O)(C(C)(O)O)C(O)(O)O.COC(=O)NC(O)C(=O)N1CCCC1C=O.OC(C(O)(O)O)C(O)(O)O. The number of carbonyl (C=O) groups excluding carboxylic acids is 6. The van der Waals surface area contributed by atoms with Crippen LogP contribution >= 0.6 is 0 Å². The van der Waals surface area contributed by atoms with Gasteiger partial charge in [0.1, 0.15) is 6.29 Å². The third kappa shape index (κ3) is 23.2.